The van der Waals surface area contributed by atoms with Crippen LogP contribution in [0.1, 0.15) is 57.1 Å². The summed E-state index contributed by atoms with van der Waals surface area (Å²) in [6.45, 7) is 4.19. The molecule has 1 aliphatic heterocycles. The maximum Gasteiger partial charge on any atom is 0.223 e. The summed E-state index contributed by atoms with van der Waals surface area (Å²) >= 11 is 0. The third-order valence-corrected chi connectivity index (χ3v) is 6.03. The van der Waals surface area contributed by atoms with Crippen LogP contribution in [-0.2, 0) is 4.79 Å². The number of aliphatic hydroxyl groups is 1. The highest BCUT2D eigenvalue weighted by Gasteiger charge is 2.52. The van der Waals surface area contributed by atoms with Gasteiger partial charge in [-0.1, -0.05) is 25.0 Å². The van der Waals surface area contributed by atoms with Crippen molar-refractivity contribution < 1.29 is 19.5 Å². The normalized spacial score (nSPS) is 32.0. The number of para-hydroxylation sites is 1. The van der Waals surface area contributed by atoms with Gasteiger partial charge in [-0.25, -0.2) is 0 Å². The summed E-state index contributed by atoms with van der Waals surface area (Å²) < 4.78 is 5.89. The largest absolute Gasteiger partial charge is 0.493 e. The van der Waals surface area contributed by atoms with Gasteiger partial charge < -0.3 is 20.5 Å². The standard InChI is InChI=1S/C20H30N2O3/c1-2-25-17-9-4-3-7-15(17)19-16-8-5-6-11-20(16,24)12-14-22(19)13-10-18(21)23/h3-4,7,9,16,19,24H,2,5-6,8,10-14H2,1H3,(H2,21,23)/p+1/t16-,19-,20-/m1/s1. The molecular formula is C20H31N2O3+. The fourth-order valence-corrected chi connectivity index (χ4v) is 4.88. The number of likely N-dealkylation sites (tertiary alicyclic amines) is 1. The first kappa shape index (κ1) is 18.2. The molecule has 1 heterocycles. The number of hydrogen-bond donors (Lipinski definition) is 3. The van der Waals surface area contributed by atoms with Crippen molar-refractivity contribution in [3.63, 3.8) is 0 Å². The zero-order valence-electron chi connectivity index (χ0n) is 15.2. The molecule has 4 N–H and O–H groups in total. The van der Waals surface area contributed by atoms with Gasteiger partial charge in [-0.15, -0.1) is 0 Å². The van der Waals surface area contributed by atoms with Crippen LogP contribution in [0, 0.1) is 5.92 Å². The van der Waals surface area contributed by atoms with Crippen LogP contribution in [0.3, 0.4) is 0 Å². The molecule has 5 heteroatoms. The molecule has 1 aromatic carbocycles. The van der Waals surface area contributed by atoms with Gasteiger partial charge in [0, 0.05) is 12.3 Å². The van der Waals surface area contributed by atoms with E-state index in [-0.39, 0.29) is 17.9 Å². The minimum Gasteiger partial charge on any atom is -0.493 e. The molecule has 1 aromatic rings. The van der Waals surface area contributed by atoms with Crippen molar-refractivity contribution in [1.82, 2.24) is 0 Å². The monoisotopic (exact) mass is 347 g/mol. The smallest absolute Gasteiger partial charge is 0.223 e. The van der Waals surface area contributed by atoms with Crippen LogP contribution in [0.2, 0.25) is 0 Å². The molecular weight excluding hydrogens is 316 g/mol. The van der Waals surface area contributed by atoms with Gasteiger partial charge in [0.05, 0.1) is 37.3 Å². The minimum atomic E-state index is -0.585. The fourth-order valence-electron chi connectivity index (χ4n) is 4.88. The Morgan fingerprint density at radius 1 is 1.36 bits per heavy atom. The Bertz CT molecular complexity index is 606. The number of nitrogens with one attached hydrogen (secondary N) is 1. The Morgan fingerprint density at radius 3 is 2.92 bits per heavy atom. The van der Waals surface area contributed by atoms with Crippen LogP contribution in [-0.4, -0.2) is 36.3 Å². The SMILES string of the molecule is CCOc1ccccc1[C@@H]1[C@H]2CCCC[C@@]2(O)CC[NH+]1CCC(N)=O. The van der Waals surface area contributed by atoms with Crippen LogP contribution in [0.4, 0.5) is 0 Å². The van der Waals surface area contributed by atoms with Gasteiger partial charge in [-0.3, -0.25) is 4.79 Å². The van der Waals surface area contributed by atoms with Gasteiger partial charge in [0.1, 0.15) is 11.8 Å². The lowest BCUT2D eigenvalue weighted by molar-refractivity contribution is -0.944. The number of ether oxygens (including phenoxy) is 1. The van der Waals surface area contributed by atoms with Crippen molar-refractivity contribution >= 4 is 5.91 Å². The Labute approximate surface area is 150 Å². The molecule has 1 saturated heterocycles. The lowest BCUT2D eigenvalue weighted by atomic mass is 9.66. The molecule has 3 rings (SSSR count). The van der Waals surface area contributed by atoms with Gasteiger partial charge in [0.25, 0.3) is 0 Å². The number of quaternary nitrogens is 1. The summed E-state index contributed by atoms with van der Waals surface area (Å²) in [6.07, 6.45) is 5.36. The first-order chi connectivity index (χ1) is 12.0. The number of hydrogen-bond acceptors (Lipinski definition) is 3. The maximum atomic E-state index is 11.3. The summed E-state index contributed by atoms with van der Waals surface area (Å²) in [5.74, 6) is 0.856. The highest BCUT2D eigenvalue weighted by Crippen LogP contribution is 2.45. The molecule has 2 fully saturated rings. The first-order valence-electron chi connectivity index (χ1n) is 9.62. The van der Waals surface area contributed by atoms with E-state index in [1.807, 2.05) is 25.1 Å². The number of primary amides is 1. The second-order valence-corrected chi connectivity index (χ2v) is 7.53. The van der Waals surface area contributed by atoms with Crippen molar-refractivity contribution in [3.05, 3.63) is 29.8 Å². The molecule has 1 amide bonds. The molecule has 0 bridgehead atoms. The van der Waals surface area contributed by atoms with E-state index in [4.69, 9.17) is 10.5 Å². The number of rotatable bonds is 6. The number of nitrogens with two attached hydrogens (primary N) is 1. The number of carbonyl (C=O) groups is 1. The van der Waals surface area contributed by atoms with Gasteiger partial charge in [-0.05, 0) is 31.9 Å². The van der Waals surface area contributed by atoms with Gasteiger partial charge >= 0.3 is 0 Å². The van der Waals surface area contributed by atoms with Crippen molar-refractivity contribution in [3.8, 4) is 5.75 Å². The summed E-state index contributed by atoms with van der Waals surface area (Å²) in [7, 11) is 0. The molecule has 1 saturated carbocycles. The Kier molecular flexibility index (Phi) is 5.64. The molecule has 1 unspecified atom stereocenters. The summed E-state index contributed by atoms with van der Waals surface area (Å²) in [5.41, 5.74) is 5.98. The van der Waals surface area contributed by atoms with E-state index in [0.717, 1.165) is 50.0 Å². The molecule has 138 valence electrons. The molecule has 0 radical (unpaired) electrons. The third-order valence-electron chi connectivity index (χ3n) is 6.03. The van der Waals surface area contributed by atoms with Crippen molar-refractivity contribution in [2.24, 2.45) is 11.7 Å². The molecule has 0 aromatic heterocycles. The quantitative estimate of drug-likeness (QED) is 0.724. The Morgan fingerprint density at radius 2 is 2.16 bits per heavy atom. The average Bonchev–Trinajstić information content (AvgIpc) is 2.60. The Hall–Kier alpha value is -1.59. The molecule has 5 nitrogen and oxygen atoms in total. The number of carbonyl (C=O) groups excluding carboxylic acids is 1. The van der Waals surface area contributed by atoms with Crippen molar-refractivity contribution in [1.29, 1.82) is 0 Å². The van der Waals surface area contributed by atoms with E-state index in [1.54, 1.807) is 0 Å². The zero-order chi connectivity index (χ0) is 17.9. The molecule has 25 heavy (non-hydrogen) atoms. The first-order valence-corrected chi connectivity index (χ1v) is 9.62. The predicted molar refractivity (Wildman–Crippen MR) is 96.4 cm³/mol. The van der Waals surface area contributed by atoms with E-state index in [0.29, 0.717) is 19.6 Å². The lowest BCUT2D eigenvalue weighted by Crippen LogP contribution is -3.15. The summed E-state index contributed by atoms with van der Waals surface area (Å²) in [6, 6.07) is 8.33. The minimum absolute atomic E-state index is 0.154. The number of amides is 1. The predicted octanol–water partition coefficient (Wildman–Crippen LogP) is 1.21. The van der Waals surface area contributed by atoms with Crippen LogP contribution in [0.15, 0.2) is 24.3 Å². The number of benzene rings is 1. The number of piperidine rings is 1. The van der Waals surface area contributed by atoms with Gasteiger partial charge in [0.2, 0.25) is 5.91 Å². The lowest BCUT2D eigenvalue weighted by Gasteiger charge is -2.50. The van der Waals surface area contributed by atoms with Gasteiger partial charge in [0.15, 0.2) is 0 Å². The van der Waals surface area contributed by atoms with Crippen LogP contribution in [0.5, 0.6) is 5.75 Å². The summed E-state index contributed by atoms with van der Waals surface area (Å²) in [5, 5.41) is 11.3. The Balaban J connectivity index is 1.96. The van der Waals surface area contributed by atoms with E-state index in [1.165, 1.54) is 4.90 Å². The van der Waals surface area contributed by atoms with E-state index in [2.05, 4.69) is 6.07 Å². The van der Waals surface area contributed by atoms with Crippen molar-refractivity contribution in [2.75, 3.05) is 19.7 Å². The van der Waals surface area contributed by atoms with Crippen molar-refractivity contribution in [2.45, 2.75) is 57.1 Å². The van der Waals surface area contributed by atoms with Crippen LogP contribution in [0.25, 0.3) is 0 Å². The summed E-state index contributed by atoms with van der Waals surface area (Å²) in [4.78, 5) is 12.7. The van der Waals surface area contributed by atoms with E-state index < -0.39 is 5.60 Å². The average molecular weight is 347 g/mol. The second kappa shape index (κ2) is 7.75. The van der Waals surface area contributed by atoms with E-state index in [9.17, 15) is 9.90 Å². The third kappa shape index (κ3) is 3.82. The molecule has 1 aliphatic carbocycles. The highest BCUT2D eigenvalue weighted by atomic mass is 16.5. The molecule has 0 spiro atoms. The van der Waals surface area contributed by atoms with E-state index >= 15 is 0 Å². The maximum absolute atomic E-state index is 11.3. The number of fused-ring (bicyclic) bond motifs is 1. The second-order valence-electron chi connectivity index (χ2n) is 7.53. The fraction of sp³-hybridized carbons (Fsp3) is 0.650. The molecule has 4 atom stereocenters. The van der Waals surface area contributed by atoms with Gasteiger partial charge in [-0.2, -0.15) is 0 Å². The van der Waals surface area contributed by atoms with Crippen LogP contribution >= 0.6 is 0 Å². The van der Waals surface area contributed by atoms with Crippen LogP contribution < -0.4 is 15.4 Å². The zero-order valence-corrected chi connectivity index (χ0v) is 15.2. The molecule has 2 aliphatic rings. The topological polar surface area (TPSA) is 77.0 Å². The highest BCUT2D eigenvalue weighted by molar-refractivity contribution is 5.73.